The highest BCUT2D eigenvalue weighted by Crippen LogP contribution is 1.86. The molecule has 0 amide bonds. The summed E-state index contributed by atoms with van der Waals surface area (Å²) in [6.45, 7) is -0.0579. The van der Waals surface area contributed by atoms with Gasteiger partial charge in [0.25, 0.3) is 20.2 Å². The summed E-state index contributed by atoms with van der Waals surface area (Å²) in [5, 5.41) is 15.8. The second kappa shape index (κ2) is 13.4. The van der Waals surface area contributed by atoms with Crippen molar-refractivity contribution < 1.29 is 45.7 Å². The number of carboxylic acids is 2. The highest BCUT2D eigenvalue weighted by molar-refractivity contribution is 7.86. The Labute approximate surface area is 127 Å². The van der Waals surface area contributed by atoms with Gasteiger partial charge >= 0.3 is 11.9 Å². The van der Waals surface area contributed by atoms with Gasteiger partial charge in [0, 0.05) is 13.1 Å². The van der Waals surface area contributed by atoms with Crippen molar-refractivity contribution in [3.63, 3.8) is 0 Å². The van der Waals surface area contributed by atoms with Crippen molar-refractivity contribution in [3.05, 3.63) is 0 Å². The van der Waals surface area contributed by atoms with E-state index in [0.29, 0.717) is 0 Å². The number of aliphatic carboxylic acids is 2. The van der Waals surface area contributed by atoms with Gasteiger partial charge in [-0.1, -0.05) is 0 Å². The van der Waals surface area contributed by atoms with Crippen molar-refractivity contribution in [2.45, 2.75) is 12.8 Å². The highest BCUT2D eigenvalue weighted by atomic mass is 32.2. The van der Waals surface area contributed by atoms with Crippen LogP contribution < -0.4 is 11.5 Å². The summed E-state index contributed by atoms with van der Waals surface area (Å²) >= 11 is 0. The van der Waals surface area contributed by atoms with Crippen LogP contribution in [0.25, 0.3) is 0 Å². The Kier molecular flexibility index (Phi) is 15.5. The van der Waals surface area contributed by atoms with Gasteiger partial charge in [-0.15, -0.1) is 0 Å². The molecule has 0 spiro atoms. The summed E-state index contributed by atoms with van der Waals surface area (Å²) in [7, 11) is -7.60. The monoisotopic (exact) mass is 368 g/mol. The molecule has 0 aliphatic rings. The van der Waals surface area contributed by atoms with Crippen LogP contribution >= 0.6 is 0 Å². The lowest BCUT2D eigenvalue weighted by molar-refractivity contribution is -0.143. The van der Waals surface area contributed by atoms with Crippen molar-refractivity contribution in [1.82, 2.24) is 0 Å². The molecule has 8 N–H and O–H groups in total. The maximum Gasteiger partial charge on any atom is 0.303 e. The molecule has 22 heavy (non-hydrogen) atoms. The lowest BCUT2D eigenvalue weighted by Gasteiger charge is -1.86. The van der Waals surface area contributed by atoms with Gasteiger partial charge in [-0.25, -0.2) is 0 Å². The minimum Gasteiger partial charge on any atom is -0.481 e. The molecule has 14 heteroatoms. The van der Waals surface area contributed by atoms with Gasteiger partial charge in [0.1, 0.15) is 0 Å². The van der Waals surface area contributed by atoms with Crippen LogP contribution in [0.2, 0.25) is 0 Å². The molecule has 0 aromatic carbocycles. The van der Waals surface area contributed by atoms with Crippen molar-refractivity contribution >= 4 is 32.2 Å². The Morgan fingerprint density at radius 1 is 0.727 bits per heavy atom. The molecule has 0 aromatic rings. The molecule has 12 nitrogen and oxygen atoms in total. The third-order valence-corrected chi connectivity index (χ3v) is 2.81. The maximum absolute atomic E-state index is 9.71. The van der Waals surface area contributed by atoms with Gasteiger partial charge in [-0.3, -0.25) is 18.7 Å². The van der Waals surface area contributed by atoms with Gasteiger partial charge in [0.2, 0.25) is 0 Å². The number of rotatable bonds is 7. The van der Waals surface area contributed by atoms with Crippen molar-refractivity contribution in [1.29, 1.82) is 0 Å². The standard InChI is InChI=1S/C4H6O4.2C2H7NO3S/c5-3(6)1-2-4(7)8;2*3-1-2-7(4,5)6/h1-2H2,(H,5,6)(H,7,8);2*1-3H2,(H,4,5,6). The third-order valence-electron chi connectivity index (χ3n) is 1.30. The fourth-order valence-corrected chi connectivity index (χ4v) is 1.11. The van der Waals surface area contributed by atoms with Gasteiger partial charge in [0.05, 0.1) is 24.3 Å². The van der Waals surface area contributed by atoms with Crippen LogP contribution in [0.4, 0.5) is 0 Å². The zero-order valence-electron chi connectivity index (χ0n) is 11.5. The van der Waals surface area contributed by atoms with E-state index in [2.05, 4.69) is 0 Å². The van der Waals surface area contributed by atoms with Gasteiger partial charge in [-0.05, 0) is 0 Å². The SMILES string of the molecule is NCCS(=O)(=O)O.NCCS(=O)(=O)O.O=C(O)CCC(=O)O. The summed E-state index contributed by atoms with van der Waals surface area (Å²) in [6.07, 6.45) is -0.593. The van der Waals surface area contributed by atoms with Crippen LogP contribution in [-0.2, 0) is 29.8 Å². The van der Waals surface area contributed by atoms with E-state index in [4.69, 9.17) is 30.8 Å². The number of hydrogen-bond donors (Lipinski definition) is 6. The summed E-state index contributed by atoms with van der Waals surface area (Å²) in [5.74, 6) is -2.86. The molecular formula is C8H20N2O10S2. The average Bonchev–Trinajstić information content (AvgIpc) is 2.24. The lowest BCUT2D eigenvalue weighted by Crippen LogP contribution is -2.13. The van der Waals surface area contributed by atoms with E-state index in [1.165, 1.54) is 0 Å². The minimum atomic E-state index is -3.80. The first-order valence-electron chi connectivity index (χ1n) is 5.49. The Bertz CT molecular complexity index is 465. The molecule has 0 unspecified atom stereocenters. The second-order valence-electron chi connectivity index (χ2n) is 3.44. The molecule has 0 bridgehead atoms. The van der Waals surface area contributed by atoms with Crippen molar-refractivity contribution in [2.75, 3.05) is 24.6 Å². The highest BCUT2D eigenvalue weighted by Gasteiger charge is 2.00. The number of hydrogen-bond acceptors (Lipinski definition) is 8. The van der Waals surface area contributed by atoms with Crippen LogP contribution in [0.5, 0.6) is 0 Å². The normalized spacial score (nSPS) is 10.5. The number of carboxylic acid groups (broad SMARTS) is 2. The molecule has 0 saturated heterocycles. The average molecular weight is 368 g/mol. The molecule has 0 fully saturated rings. The molecule has 134 valence electrons. The van der Waals surface area contributed by atoms with E-state index in [9.17, 15) is 26.4 Å². The van der Waals surface area contributed by atoms with E-state index in [-0.39, 0.29) is 37.4 Å². The summed E-state index contributed by atoms with van der Waals surface area (Å²) in [6, 6.07) is 0. The Hall–Kier alpha value is -1.32. The molecule has 0 aliphatic heterocycles. The molecule has 0 radical (unpaired) electrons. The zero-order valence-corrected chi connectivity index (χ0v) is 13.1. The largest absolute Gasteiger partial charge is 0.481 e. The van der Waals surface area contributed by atoms with Crippen LogP contribution in [0, 0.1) is 0 Å². The minimum absolute atomic E-state index is 0.0289. The molecule has 0 atom stereocenters. The van der Waals surface area contributed by atoms with Crippen molar-refractivity contribution in [2.24, 2.45) is 11.5 Å². The van der Waals surface area contributed by atoms with Crippen molar-refractivity contribution in [3.8, 4) is 0 Å². The zero-order chi connectivity index (χ0) is 18.4. The van der Waals surface area contributed by atoms with Gasteiger partial charge < -0.3 is 21.7 Å². The molecule has 0 aromatic heterocycles. The fraction of sp³-hybridized carbons (Fsp3) is 0.750. The second-order valence-corrected chi connectivity index (χ2v) is 6.58. The predicted molar refractivity (Wildman–Crippen MR) is 75.4 cm³/mol. The van der Waals surface area contributed by atoms with E-state index in [1.54, 1.807) is 0 Å². The fourth-order valence-electron chi connectivity index (χ4n) is 0.512. The Balaban J connectivity index is -0.000000247. The van der Waals surface area contributed by atoms with Gasteiger partial charge in [0.15, 0.2) is 0 Å². The van der Waals surface area contributed by atoms with Crippen LogP contribution in [-0.4, -0.2) is 72.7 Å². The summed E-state index contributed by atoms with van der Waals surface area (Å²) in [5.41, 5.74) is 9.55. The van der Waals surface area contributed by atoms with E-state index in [0.717, 1.165) is 0 Å². The molecular weight excluding hydrogens is 348 g/mol. The van der Waals surface area contributed by atoms with E-state index >= 15 is 0 Å². The molecule has 0 rings (SSSR count). The summed E-state index contributed by atoms with van der Waals surface area (Å²) in [4.78, 5) is 19.3. The molecule has 0 saturated carbocycles. The number of nitrogens with two attached hydrogens (primary N) is 2. The maximum atomic E-state index is 9.71. The van der Waals surface area contributed by atoms with Crippen LogP contribution in [0.1, 0.15) is 12.8 Å². The first-order chi connectivity index (χ1) is 9.75. The topological polar surface area (TPSA) is 235 Å². The van der Waals surface area contributed by atoms with Gasteiger partial charge in [-0.2, -0.15) is 16.8 Å². The van der Waals surface area contributed by atoms with E-state index in [1.807, 2.05) is 0 Å². The third kappa shape index (κ3) is 42.8. The lowest BCUT2D eigenvalue weighted by atomic mass is 10.3. The smallest absolute Gasteiger partial charge is 0.303 e. The van der Waals surface area contributed by atoms with Crippen LogP contribution in [0.15, 0.2) is 0 Å². The molecule has 0 heterocycles. The Morgan fingerprint density at radius 3 is 1.00 bits per heavy atom. The Morgan fingerprint density at radius 2 is 0.955 bits per heavy atom. The summed E-state index contributed by atoms with van der Waals surface area (Å²) < 4.78 is 54.6. The predicted octanol–water partition coefficient (Wildman–Crippen LogP) is -2.40. The number of carbonyl (C=O) groups is 2. The first-order valence-corrected chi connectivity index (χ1v) is 8.71. The first kappa shape index (κ1) is 25.6. The molecule has 0 aliphatic carbocycles. The quantitative estimate of drug-likeness (QED) is 0.258. The van der Waals surface area contributed by atoms with Crippen LogP contribution in [0.3, 0.4) is 0 Å². The van der Waals surface area contributed by atoms with E-state index < -0.39 is 32.2 Å².